The predicted octanol–water partition coefficient (Wildman–Crippen LogP) is 4.69. The number of aliphatic imine (C=N–C) groups is 1. The molecule has 2 aromatic rings. The van der Waals surface area contributed by atoms with Gasteiger partial charge in [-0.05, 0) is 37.1 Å². The smallest absolute Gasteiger partial charge is 0.126 e. The van der Waals surface area contributed by atoms with Gasteiger partial charge in [-0.1, -0.05) is 46.3 Å². The zero-order valence-electron chi connectivity index (χ0n) is 17.7. The summed E-state index contributed by atoms with van der Waals surface area (Å²) >= 11 is 0. The minimum absolute atomic E-state index is 0.0670. The highest BCUT2D eigenvalue weighted by molar-refractivity contribution is 5.82. The topological polar surface area (TPSA) is 82.2 Å². The number of nitrogen functional groups attached to an aromatic ring is 1. The summed E-state index contributed by atoms with van der Waals surface area (Å²) in [6.07, 6.45) is 4.89. The number of pyridine rings is 1. The summed E-state index contributed by atoms with van der Waals surface area (Å²) in [5.74, 6) is 1.03. The Morgan fingerprint density at radius 3 is 2.44 bits per heavy atom. The van der Waals surface area contributed by atoms with Crippen LogP contribution in [0.25, 0.3) is 10.9 Å². The third kappa shape index (κ3) is 4.41. The van der Waals surface area contributed by atoms with Gasteiger partial charge in [-0.3, -0.25) is 0 Å². The van der Waals surface area contributed by atoms with Gasteiger partial charge in [-0.2, -0.15) is 0 Å². The molecule has 0 saturated heterocycles. The van der Waals surface area contributed by atoms with Gasteiger partial charge in [-0.25, -0.2) is 9.98 Å². The number of aromatic nitrogens is 2. The molecule has 146 valence electrons. The van der Waals surface area contributed by atoms with Gasteiger partial charge < -0.3 is 16.0 Å². The van der Waals surface area contributed by atoms with Crippen LogP contribution in [0.5, 0.6) is 0 Å². The standard InChI is InChI=1S/C22H33N5/c1-14(9-16(20(24)25-7)21(2,3)4)12-22(5,6)18-10-15-13-26-19(23)11-17(15)27(18)8/h9-11,13H,7,12,24H2,1-6,8H3,(H2,23,26)/b14-9+,20-16+. The van der Waals surface area contributed by atoms with E-state index in [2.05, 4.69) is 82.0 Å². The maximum Gasteiger partial charge on any atom is 0.126 e. The van der Waals surface area contributed by atoms with Crippen LogP contribution in [0.15, 0.2) is 46.4 Å². The fraction of sp³-hybridized carbons (Fsp3) is 0.455. The number of allylic oxidation sites excluding steroid dienone is 3. The Kier molecular flexibility index (Phi) is 5.55. The Morgan fingerprint density at radius 1 is 1.26 bits per heavy atom. The van der Waals surface area contributed by atoms with E-state index in [1.54, 1.807) is 0 Å². The van der Waals surface area contributed by atoms with Gasteiger partial charge in [0.15, 0.2) is 0 Å². The second-order valence-electron chi connectivity index (χ2n) is 9.01. The highest BCUT2D eigenvalue weighted by atomic mass is 15.0. The average molecular weight is 368 g/mol. The number of aryl methyl sites for hydroxylation is 1. The number of rotatable bonds is 5. The molecule has 0 saturated carbocycles. The Balaban J connectivity index is 2.43. The molecule has 0 aliphatic carbocycles. The molecule has 0 aliphatic heterocycles. The van der Waals surface area contributed by atoms with Crippen molar-refractivity contribution >= 4 is 23.4 Å². The van der Waals surface area contributed by atoms with E-state index in [-0.39, 0.29) is 10.8 Å². The molecule has 27 heavy (non-hydrogen) atoms. The summed E-state index contributed by atoms with van der Waals surface area (Å²) < 4.78 is 2.21. The molecule has 2 rings (SSSR count). The van der Waals surface area contributed by atoms with Crippen LogP contribution < -0.4 is 11.5 Å². The second kappa shape index (κ2) is 7.22. The van der Waals surface area contributed by atoms with Gasteiger partial charge in [0.2, 0.25) is 0 Å². The molecule has 0 unspecified atom stereocenters. The van der Waals surface area contributed by atoms with Crippen LogP contribution in [0.4, 0.5) is 5.82 Å². The van der Waals surface area contributed by atoms with Crippen LogP contribution in [0.3, 0.4) is 0 Å². The molecule has 2 aromatic heterocycles. The lowest BCUT2D eigenvalue weighted by atomic mass is 9.80. The van der Waals surface area contributed by atoms with Crippen molar-refractivity contribution in [1.82, 2.24) is 9.55 Å². The van der Waals surface area contributed by atoms with Crippen LogP contribution in [0.1, 0.15) is 53.7 Å². The first-order valence-corrected chi connectivity index (χ1v) is 9.22. The number of anilines is 1. The summed E-state index contributed by atoms with van der Waals surface area (Å²) in [7, 11) is 2.08. The number of fused-ring (bicyclic) bond motifs is 1. The SMILES string of the molecule is C=N/C(N)=C(\C=C(/C)CC(C)(C)c1cc2cnc(N)cc2n1C)C(C)(C)C. The average Bonchev–Trinajstić information content (AvgIpc) is 2.88. The van der Waals surface area contributed by atoms with Gasteiger partial charge in [0.05, 0.1) is 5.52 Å². The Hall–Kier alpha value is -2.56. The van der Waals surface area contributed by atoms with Crippen molar-refractivity contribution in [1.29, 1.82) is 0 Å². The van der Waals surface area contributed by atoms with Gasteiger partial charge in [0.1, 0.15) is 11.6 Å². The molecular weight excluding hydrogens is 334 g/mol. The summed E-state index contributed by atoms with van der Waals surface area (Å²) in [6, 6.07) is 4.13. The molecule has 0 amide bonds. The van der Waals surface area contributed by atoms with Crippen molar-refractivity contribution in [2.24, 2.45) is 23.2 Å². The fourth-order valence-electron chi connectivity index (χ4n) is 3.74. The highest BCUT2D eigenvalue weighted by Crippen LogP contribution is 2.36. The van der Waals surface area contributed by atoms with E-state index < -0.39 is 0 Å². The molecule has 0 spiro atoms. The normalized spacial score (nSPS) is 14.4. The lowest BCUT2D eigenvalue weighted by molar-refractivity contribution is 0.482. The van der Waals surface area contributed by atoms with Crippen molar-refractivity contribution < 1.29 is 0 Å². The zero-order chi connectivity index (χ0) is 20.6. The molecule has 2 heterocycles. The monoisotopic (exact) mass is 367 g/mol. The molecule has 0 aliphatic rings. The number of hydrogen-bond donors (Lipinski definition) is 2. The van der Waals surface area contributed by atoms with Gasteiger partial charge in [-0.15, -0.1) is 0 Å². The predicted molar refractivity (Wildman–Crippen MR) is 117 cm³/mol. The lowest BCUT2D eigenvalue weighted by Gasteiger charge is -2.28. The highest BCUT2D eigenvalue weighted by Gasteiger charge is 2.26. The Labute approximate surface area is 162 Å². The zero-order valence-corrected chi connectivity index (χ0v) is 17.7. The second-order valence-corrected chi connectivity index (χ2v) is 9.01. The van der Waals surface area contributed by atoms with Crippen molar-refractivity contribution in [2.45, 2.75) is 53.4 Å². The molecule has 0 aromatic carbocycles. The first-order chi connectivity index (χ1) is 12.4. The molecule has 0 bridgehead atoms. The van der Waals surface area contributed by atoms with Crippen LogP contribution in [0.2, 0.25) is 0 Å². The van der Waals surface area contributed by atoms with Crippen LogP contribution in [-0.2, 0) is 12.5 Å². The minimum atomic E-state index is -0.0977. The van der Waals surface area contributed by atoms with E-state index in [1.807, 2.05) is 12.3 Å². The molecular formula is C22H33N5. The molecule has 4 N–H and O–H groups in total. The third-order valence-corrected chi connectivity index (χ3v) is 5.01. The quantitative estimate of drug-likeness (QED) is 0.594. The van der Waals surface area contributed by atoms with Crippen LogP contribution >= 0.6 is 0 Å². The first-order valence-electron chi connectivity index (χ1n) is 9.22. The maximum atomic E-state index is 6.10. The number of hydrogen-bond acceptors (Lipinski definition) is 4. The fourth-order valence-corrected chi connectivity index (χ4v) is 3.74. The van der Waals surface area contributed by atoms with Crippen molar-refractivity contribution in [3.63, 3.8) is 0 Å². The van der Waals surface area contributed by atoms with E-state index in [0.29, 0.717) is 11.6 Å². The van der Waals surface area contributed by atoms with E-state index in [9.17, 15) is 0 Å². The van der Waals surface area contributed by atoms with E-state index in [1.165, 1.54) is 11.3 Å². The van der Waals surface area contributed by atoms with Crippen LogP contribution in [0, 0.1) is 5.41 Å². The molecule has 5 heteroatoms. The van der Waals surface area contributed by atoms with Gasteiger partial charge in [0, 0.05) is 35.8 Å². The van der Waals surface area contributed by atoms with Crippen LogP contribution in [-0.4, -0.2) is 16.3 Å². The summed E-state index contributed by atoms with van der Waals surface area (Å²) in [4.78, 5) is 8.17. The number of nitrogens with two attached hydrogens (primary N) is 2. The molecule has 0 radical (unpaired) electrons. The van der Waals surface area contributed by atoms with E-state index in [4.69, 9.17) is 11.5 Å². The molecule has 0 atom stereocenters. The largest absolute Gasteiger partial charge is 0.384 e. The Bertz CT molecular complexity index is 920. The summed E-state index contributed by atoms with van der Waals surface area (Å²) in [6.45, 7) is 16.6. The van der Waals surface area contributed by atoms with E-state index in [0.717, 1.165) is 22.9 Å². The minimum Gasteiger partial charge on any atom is -0.384 e. The van der Waals surface area contributed by atoms with Crippen molar-refractivity contribution in [3.8, 4) is 0 Å². The van der Waals surface area contributed by atoms with Crippen molar-refractivity contribution in [3.05, 3.63) is 47.1 Å². The van der Waals surface area contributed by atoms with Gasteiger partial charge in [0.25, 0.3) is 0 Å². The third-order valence-electron chi connectivity index (χ3n) is 5.01. The molecule has 5 nitrogen and oxygen atoms in total. The lowest BCUT2D eigenvalue weighted by Crippen LogP contribution is -2.21. The van der Waals surface area contributed by atoms with Gasteiger partial charge >= 0.3 is 0 Å². The van der Waals surface area contributed by atoms with Crippen molar-refractivity contribution in [2.75, 3.05) is 5.73 Å². The maximum absolute atomic E-state index is 6.10. The Morgan fingerprint density at radius 2 is 1.89 bits per heavy atom. The first kappa shape index (κ1) is 20.7. The summed E-state index contributed by atoms with van der Waals surface area (Å²) in [5.41, 5.74) is 16.4. The summed E-state index contributed by atoms with van der Waals surface area (Å²) in [5, 5.41) is 1.10. The van der Waals surface area contributed by atoms with E-state index >= 15 is 0 Å². The molecule has 0 fully saturated rings. The number of nitrogens with zero attached hydrogens (tertiary/aromatic N) is 3.